The van der Waals surface area contributed by atoms with Crippen molar-refractivity contribution in [2.24, 2.45) is 5.92 Å². The molecule has 0 bridgehead atoms. The van der Waals surface area contributed by atoms with Gasteiger partial charge in [-0.2, -0.15) is 0 Å². The highest BCUT2D eigenvalue weighted by Gasteiger charge is 2.31. The van der Waals surface area contributed by atoms with Gasteiger partial charge in [0.25, 0.3) is 5.91 Å². The maximum atomic E-state index is 12.6. The van der Waals surface area contributed by atoms with Crippen molar-refractivity contribution in [1.82, 2.24) is 19.8 Å². The number of piperidine rings is 1. The van der Waals surface area contributed by atoms with E-state index in [1.807, 2.05) is 18.0 Å². The summed E-state index contributed by atoms with van der Waals surface area (Å²) in [6, 6.07) is 10.8. The van der Waals surface area contributed by atoms with Gasteiger partial charge >= 0.3 is 0 Å². The first kappa shape index (κ1) is 16.6. The zero-order valence-corrected chi connectivity index (χ0v) is 14.3. The molecule has 0 N–H and O–H groups in total. The second kappa shape index (κ2) is 7.53. The lowest BCUT2D eigenvalue weighted by Gasteiger charge is -2.41. The molecular weight excluding hydrogens is 300 g/mol. The molecule has 1 aliphatic rings. The Morgan fingerprint density at radius 1 is 1.29 bits per heavy atom. The van der Waals surface area contributed by atoms with Crippen LogP contribution in [-0.2, 0) is 6.54 Å². The van der Waals surface area contributed by atoms with Crippen LogP contribution in [0.4, 0.5) is 0 Å². The largest absolute Gasteiger partial charge is 0.337 e. The molecule has 3 rings (SSSR count). The number of nitrogens with zero attached hydrogens (tertiary/aromatic N) is 4. The molecule has 0 aliphatic carbocycles. The molecule has 0 radical (unpaired) electrons. The minimum absolute atomic E-state index is 0.0449. The van der Waals surface area contributed by atoms with Crippen molar-refractivity contribution in [2.75, 3.05) is 20.1 Å². The first-order valence-corrected chi connectivity index (χ1v) is 8.44. The number of amides is 1. The molecule has 1 amide bonds. The Balaban J connectivity index is 1.60. The van der Waals surface area contributed by atoms with Crippen molar-refractivity contribution >= 4 is 5.91 Å². The van der Waals surface area contributed by atoms with Gasteiger partial charge in [-0.25, -0.2) is 4.98 Å². The van der Waals surface area contributed by atoms with Crippen molar-refractivity contribution in [2.45, 2.75) is 25.9 Å². The number of rotatable bonds is 4. The fourth-order valence-electron chi connectivity index (χ4n) is 3.52. The number of hydrogen-bond donors (Lipinski definition) is 0. The topological polar surface area (TPSA) is 49.3 Å². The summed E-state index contributed by atoms with van der Waals surface area (Å²) < 4.78 is 0. The van der Waals surface area contributed by atoms with Gasteiger partial charge in [0, 0.05) is 45.1 Å². The minimum atomic E-state index is -0.0449. The molecule has 1 saturated heterocycles. The van der Waals surface area contributed by atoms with Gasteiger partial charge in [0.05, 0.1) is 6.20 Å². The Morgan fingerprint density at radius 3 is 2.75 bits per heavy atom. The second-order valence-electron chi connectivity index (χ2n) is 6.56. The molecule has 5 nitrogen and oxygen atoms in total. The van der Waals surface area contributed by atoms with Crippen molar-refractivity contribution in [1.29, 1.82) is 0 Å². The molecule has 5 heteroatoms. The van der Waals surface area contributed by atoms with Crippen LogP contribution in [0.2, 0.25) is 0 Å². The molecular formula is C19H24N4O. The van der Waals surface area contributed by atoms with Gasteiger partial charge in [0.15, 0.2) is 0 Å². The summed E-state index contributed by atoms with van der Waals surface area (Å²) in [6.45, 7) is 5.20. The summed E-state index contributed by atoms with van der Waals surface area (Å²) in [7, 11) is 1.88. The van der Waals surface area contributed by atoms with E-state index in [4.69, 9.17) is 0 Å². The standard InChI is InChI=1S/C19H24N4O/c1-15-13-23(14-16-6-4-3-5-7-16)11-8-18(15)22(2)19(24)17-12-20-9-10-21-17/h3-7,9-10,12,15,18H,8,11,13-14H2,1-2H3. The van der Waals surface area contributed by atoms with Gasteiger partial charge in [0.2, 0.25) is 0 Å². The molecule has 0 spiro atoms. The van der Waals surface area contributed by atoms with E-state index in [0.29, 0.717) is 11.6 Å². The van der Waals surface area contributed by atoms with Gasteiger partial charge in [-0.1, -0.05) is 37.3 Å². The van der Waals surface area contributed by atoms with Crippen LogP contribution >= 0.6 is 0 Å². The summed E-state index contributed by atoms with van der Waals surface area (Å²) in [6.07, 6.45) is 5.67. The lowest BCUT2D eigenvalue weighted by atomic mass is 9.92. The van der Waals surface area contributed by atoms with Crippen molar-refractivity contribution in [3.05, 3.63) is 60.2 Å². The van der Waals surface area contributed by atoms with Gasteiger partial charge in [-0.3, -0.25) is 14.7 Å². The van der Waals surface area contributed by atoms with Crippen LogP contribution in [0.5, 0.6) is 0 Å². The number of carbonyl (C=O) groups is 1. The van der Waals surface area contributed by atoms with Gasteiger partial charge in [-0.05, 0) is 17.9 Å². The smallest absolute Gasteiger partial charge is 0.274 e. The van der Waals surface area contributed by atoms with Crippen LogP contribution in [0.1, 0.15) is 29.4 Å². The maximum Gasteiger partial charge on any atom is 0.274 e. The van der Waals surface area contributed by atoms with E-state index >= 15 is 0 Å². The van der Waals surface area contributed by atoms with E-state index in [0.717, 1.165) is 26.1 Å². The van der Waals surface area contributed by atoms with E-state index in [-0.39, 0.29) is 11.9 Å². The Kier molecular flexibility index (Phi) is 5.20. The molecule has 0 saturated carbocycles. The maximum absolute atomic E-state index is 12.6. The third kappa shape index (κ3) is 3.79. The van der Waals surface area contributed by atoms with Crippen LogP contribution in [0.25, 0.3) is 0 Å². The lowest BCUT2D eigenvalue weighted by molar-refractivity contribution is 0.0492. The van der Waals surface area contributed by atoms with Crippen LogP contribution < -0.4 is 0 Å². The van der Waals surface area contributed by atoms with Crippen LogP contribution in [0, 0.1) is 5.92 Å². The molecule has 2 aromatic rings. The molecule has 1 aromatic heterocycles. The lowest BCUT2D eigenvalue weighted by Crippen LogP contribution is -2.50. The average molecular weight is 324 g/mol. The van der Waals surface area contributed by atoms with Gasteiger partial charge in [0.1, 0.15) is 5.69 Å². The summed E-state index contributed by atoms with van der Waals surface area (Å²) >= 11 is 0. The third-order valence-corrected chi connectivity index (χ3v) is 4.79. The van der Waals surface area contributed by atoms with Crippen molar-refractivity contribution < 1.29 is 4.79 Å². The first-order valence-electron chi connectivity index (χ1n) is 8.44. The summed E-state index contributed by atoms with van der Waals surface area (Å²) in [5.74, 6) is 0.379. The highest BCUT2D eigenvalue weighted by atomic mass is 16.2. The number of carbonyl (C=O) groups excluding carboxylic acids is 1. The quantitative estimate of drug-likeness (QED) is 0.867. The Labute approximate surface area is 143 Å². The number of likely N-dealkylation sites (tertiary alicyclic amines) is 1. The van der Waals surface area contributed by atoms with Crippen molar-refractivity contribution in [3.8, 4) is 0 Å². The number of aromatic nitrogens is 2. The van der Waals surface area contributed by atoms with Gasteiger partial charge < -0.3 is 4.90 Å². The van der Waals surface area contributed by atoms with Crippen LogP contribution in [0.15, 0.2) is 48.9 Å². The zero-order chi connectivity index (χ0) is 16.9. The summed E-state index contributed by atoms with van der Waals surface area (Å²) in [5.41, 5.74) is 1.76. The Hall–Kier alpha value is -2.27. The SMILES string of the molecule is CC1CN(Cc2ccccc2)CCC1N(C)C(=O)c1cnccn1. The molecule has 126 valence electrons. The van der Waals surface area contributed by atoms with Crippen LogP contribution in [-0.4, -0.2) is 51.9 Å². The second-order valence-corrected chi connectivity index (χ2v) is 6.56. The van der Waals surface area contributed by atoms with Gasteiger partial charge in [-0.15, -0.1) is 0 Å². The predicted octanol–water partition coefficient (Wildman–Crippen LogP) is 2.46. The fraction of sp³-hybridized carbons (Fsp3) is 0.421. The Bertz CT molecular complexity index is 662. The highest BCUT2D eigenvalue weighted by Crippen LogP contribution is 2.23. The van der Waals surface area contributed by atoms with Crippen molar-refractivity contribution in [3.63, 3.8) is 0 Å². The molecule has 2 heterocycles. The predicted molar refractivity (Wildman–Crippen MR) is 93.4 cm³/mol. The fourth-order valence-corrected chi connectivity index (χ4v) is 3.52. The van der Waals surface area contributed by atoms with E-state index in [9.17, 15) is 4.79 Å². The summed E-state index contributed by atoms with van der Waals surface area (Å²) in [4.78, 5) is 25.0. The average Bonchev–Trinajstić information content (AvgIpc) is 2.62. The molecule has 24 heavy (non-hydrogen) atoms. The molecule has 2 unspecified atom stereocenters. The highest BCUT2D eigenvalue weighted by molar-refractivity contribution is 5.92. The number of hydrogen-bond acceptors (Lipinski definition) is 4. The minimum Gasteiger partial charge on any atom is -0.337 e. The first-order chi connectivity index (χ1) is 11.6. The van der Waals surface area contributed by atoms with Crippen LogP contribution in [0.3, 0.4) is 0 Å². The zero-order valence-electron chi connectivity index (χ0n) is 14.3. The van der Waals surface area contributed by atoms with E-state index < -0.39 is 0 Å². The normalized spacial score (nSPS) is 21.4. The third-order valence-electron chi connectivity index (χ3n) is 4.79. The molecule has 2 atom stereocenters. The Morgan fingerprint density at radius 2 is 2.08 bits per heavy atom. The molecule has 1 aliphatic heterocycles. The van der Waals surface area contributed by atoms with E-state index in [2.05, 4.69) is 46.1 Å². The summed E-state index contributed by atoms with van der Waals surface area (Å²) in [5, 5.41) is 0. The number of benzene rings is 1. The van der Waals surface area contributed by atoms with E-state index in [1.54, 1.807) is 12.4 Å². The molecule has 1 fully saturated rings. The van der Waals surface area contributed by atoms with E-state index in [1.165, 1.54) is 11.8 Å². The monoisotopic (exact) mass is 324 g/mol. The molecule has 1 aromatic carbocycles.